The number of hydrogen-bond donors (Lipinski definition) is 1. The van der Waals surface area contributed by atoms with E-state index in [2.05, 4.69) is 18.8 Å². The maximum Gasteiger partial charge on any atom is 0.338 e. The van der Waals surface area contributed by atoms with Gasteiger partial charge >= 0.3 is 5.97 Å². The quantitative estimate of drug-likeness (QED) is 0.0609. The lowest BCUT2D eigenvalue weighted by molar-refractivity contribution is -0.0275. The summed E-state index contributed by atoms with van der Waals surface area (Å²) in [5.74, 6) is -0.362. The third-order valence-corrected chi connectivity index (χ3v) is 6.25. The van der Waals surface area contributed by atoms with Crippen molar-refractivity contribution in [3.63, 3.8) is 0 Å². The Kier molecular flexibility index (Phi) is 33.6. The smallest absolute Gasteiger partial charge is 0.338 e. The van der Waals surface area contributed by atoms with E-state index in [9.17, 15) is 4.79 Å². The first-order valence-corrected chi connectivity index (χ1v) is 17.3. The summed E-state index contributed by atoms with van der Waals surface area (Å²) < 4.78 is 64.6. The zero-order valence-electron chi connectivity index (χ0n) is 29.6. The van der Waals surface area contributed by atoms with Crippen molar-refractivity contribution in [2.75, 3.05) is 157 Å². The van der Waals surface area contributed by atoms with E-state index in [-0.39, 0.29) is 12.6 Å². The highest BCUT2D eigenvalue weighted by Gasteiger charge is 2.07. The maximum absolute atomic E-state index is 12.1. The molecule has 1 N–H and O–H groups in total. The van der Waals surface area contributed by atoms with Gasteiger partial charge in [0, 0.05) is 12.2 Å². The summed E-state index contributed by atoms with van der Waals surface area (Å²) in [7, 11) is 0. The van der Waals surface area contributed by atoms with Crippen LogP contribution in [-0.2, 0) is 56.8 Å². The summed E-state index contributed by atoms with van der Waals surface area (Å²) in [5, 5.41) is 3.32. The predicted octanol–water partition coefficient (Wildman–Crippen LogP) is 3.38. The SMILES string of the molecule is C=COCCOCCOCCOCCOCCOCCOCCOCCOCCOCCOCCOC(=O)c1ccc(NCCCC)cc1. The highest BCUT2D eigenvalue weighted by atomic mass is 16.6. The third-order valence-electron chi connectivity index (χ3n) is 6.25. The number of esters is 1. The summed E-state index contributed by atoms with van der Waals surface area (Å²) in [5.41, 5.74) is 1.51. The van der Waals surface area contributed by atoms with Crippen molar-refractivity contribution in [3.8, 4) is 0 Å². The van der Waals surface area contributed by atoms with Crippen LogP contribution in [0.2, 0.25) is 0 Å². The van der Waals surface area contributed by atoms with Gasteiger partial charge in [-0.05, 0) is 30.7 Å². The zero-order chi connectivity index (χ0) is 35.1. The van der Waals surface area contributed by atoms with Gasteiger partial charge in [-0.15, -0.1) is 0 Å². The molecule has 0 unspecified atom stereocenters. The van der Waals surface area contributed by atoms with Gasteiger partial charge in [-0.25, -0.2) is 4.79 Å². The number of ether oxygens (including phenoxy) is 12. The number of carbonyl (C=O) groups excluding carboxylic acids is 1. The summed E-state index contributed by atoms with van der Waals surface area (Å²) in [6, 6.07) is 7.29. The highest BCUT2D eigenvalue weighted by molar-refractivity contribution is 5.89. The fourth-order valence-electron chi connectivity index (χ4n) is 3.68. The van der Waals surface area contributed by atoms with Crippen LogP contribution in [0.3, 0.4) is 0 Å². The van der Waals surface area contributed by atoms with Gasteiger partial charge in [0.05, 0.1) is 144 Å². The second kappa shape index (κ2) is 36.9. The number of hydrogen-bond acceptors (Lipinski definition) is 14. The minimum absolute atomic E-state index is 0.189. The van der Waals surface area contributed by atoms with E-state index < -0.39 is 0 Å². The first-order valence-electron chi connectivity index (χ1n) is 17.3. The molecule has 0 aliphatic carbocycles. The van der Waals surface area contributed by atoms with Gasteiger partial charge in [-0.3, -0.25) is 0 Å². The second-order valence-corrected chi connectivity index (χ2v) is 10.2. The Morgan fingerprint density at radius 3 is 1.18 bits per heavy atom. The molecule has 0 heterocycles. The normalized spacial score (nSPS) is 11.1. The average Bonchev–Trinajstić information content (AvgIpc) is 3.12. The van der Waals surface area contributed by atoms with E-state index in [4.69, 9.17) is 56.8 Å². The van der Waals surface area contributed by atoms with Crippen LogP contribution in [0.5, 0.6) is 0 Å². The van der Waals surface area contributed by atoms with Crippen LogP contribution in [0, 0.1) is 0 Å². The number of anilines is 1. The molecular formula is C35H61NO13. The first kappa shape index (κ1) is 44.7. The van der Waals surface area contributed by atoms with Crippen molar-refractivity contribution in [1.82, 2.24) is 0 Å². The van der Waals surface area contributed by atoms with E-state index in [1.165, 1.54) is 6.26 Å². The van der Waals surface area contributed by atoms with Crippen molar-refractivity contribution in [2.24, 2.45) is 0 Å². The van der Waals surface area contributed by atoms with Gasteiger partial charge in [0.15, 0.2) is 0 Å². The molecule has 0 bridgehead atoms. The van der Waals surface area contributed by atoms with Crippen LogP contribution in [0.1, 0.15) is 30.1 Å². The largest absolute Gasteiger partial charge is 0.499 e. The molecule has 0 saturated heterocycles. The number of rotatable bonds is 39. The Morgan fingerprint density at radius 1 is 0.531 bits per heavy atom. The highest BCUT2D eigenvalue weighted by Crippen LogP contribution is 2.10. The van der Waals surface area contributed by atoms with Crippen molar-refractivity contribution in [3.05, 3.63) is 42.7 Å². The van der Waals surface area contributed by atoms with E-state index in [1.807, 2.05) is 12.1 Å². The molecule has 0 aromatic heterocycles. The van der Waals surface area contributed by atoms with Gasteiger partial charge in [0.1, 0.15) is 13.2 Å². The minimum atomic E-state index is -0.362. The van der Waals surface area contributed by atoms with Crippen molar-refractivity contribution < 1.29 is 61.6 Å². The summed E-state index contributed by atoms with van der Waals surface area (Å²) >= 11 is 0. The van der Waals surface area contributed by atoms with Crippen LogP contribution in [0.4, 0.5) is 5.69 Å². The van der Waals surface area contributed by atoms with Gasteiger partial charge in [0.2, 0.25) is 0 Å². The molecule has 0 saturated carbocycles. The lowest BCUT2D eigenvalue weighted by atomic mass is 10.2. The zero-order valence-corrected chi connectivity index (χ0v) is 29.6. The average molecular weight is 704 g/mol. The molecule has 1 aromatic carbocycles. The molecule has 0 atom stereocenters. The molecule has 0 aliphatic heterocycles. The van der Waals surface area contributed by atoms with Crippen molar-refractivity contribution >= 4 is 11.7 Å². The molecule has 14 nitrogen and oxygen atoms in total. The van der Waals surface area contributed by atoms with Crippen molar-refractivity contribution in [2.45, 2.75) is 19.8 Å². The fourth-order valence-corrected chi connectivity index (χ4v) is 3.68. The van der Waals surface area contributed by atoms with Crippen molar-refractivity contribution in [1.29, 1.82) is 0 Å². The van der Waals surface area contributed by atoms with Crippen LogP contribution in [-0.4, -0.2) is 158 Å². The van der Waals surface area contributed by atoms with Crippen LogP contribution in [0.15, 0.2) is 37.1 Å². The molecule has 0 radical (unpaired) electrons. The standard InChI is InChI=1S/C35H61NO13/c1-3-5-10-36-34-8-6-33(7-9-34)35(37)49-32-31-48-30-29-47-28-27-46-26-25-45-24-23-44-22-21-43-20-19-42-18-17-41-16-15-40-14-13-39-12-11-38-4-2/h4,6-9,36H,2-3,5,10-32H2,1H3. The number of nitrogens with one attached hydrogen (secondary N) is 1. The van der Waals surface area contributed by atoms with Gasteiger partial charge in [-0.2, -0.15) is 0 Å². The van der Waals surface area contributed by atoms with Crippen LogP contribution >= 0.6 is 0 Å². The molecule has 49 heavy (non-hydrogen) atoms. The molecule has 0 spiro atoms. The molecule has 284 valence electrons. The molecular weight excluding hydrogens is 642 g/mol. The predicted molar refractivity (Wildman–Crippen MR) is 184 cm³/mol. The van der Waals surface area contributed by atoms with E-state index >= 15 is 0 Å². The Labute approximate surface area is 292 Å². The topological polar surface area (TPSA) is 140 Å². The maximum atomic E-state index is 12.1. The van der Waals surface area contributed by atoms with Gasteiger partial charge in [-0.1, -0.05) is 19.9 Å². The van der Waals surface area contributed by atoms with Crippen LogP contribution in [0.25, 0.3) is 0 Å². The second-order valence-electron chi connectivity index (χ2n) is 10.2. The number of carbonyl (C=O) groups is 1. The van der Waals surface area contributed by atoms with E-state index in [0.717, 1.165) is 25.1 Å². The van der Waals surface area contributed by atoms with Gasteiger partial charge < -0.3 is 62.2 Å². The molecule has 14 heteroatoms. The Balaban J connectivity index is 1.69. The lowest BCUT2D eigenvalue weighted by Crippen LogP contribution is -2.15. The summed E-state index contributed by atoms with van der Waals surface area (Å²) in [6.45, 7) is 16.8. The first-order chi connectivity index (χ1) is 24.3. The molecule has 1 rings (SSSR count). The number of benzene rings is 1. The molecule has 0 amide bonds. The Hall–Kier alpha value is -2.37. The van der Waals surface area contributed by atoms with E-state index in [0.29, 0.717) is 144 Å². The van der Waals surface area contributed by atoms with Gasteiger partial charge in [0.25, 0.3) is 0 Å². The fraction of sp³-hybridized carbons (Fsp3) is 0.743. The Morgan fingerprint density at radius 2 is 0.857 bits per heavy atom. The lowest BCUT2D eigenvalue weighted by Gasteiger charge is -2.09. The van der Waals surface area contributed by atoms with Crippen LogP contribution < -0.4 is 5.32 Å². The number of unbranched alkanes of at least 4 members (excludes halogenated alkanes) is 1. The molecule has 0 fully saturated rings. The molecule has 1 aromatic rings. The molecule has 0 aliphatic rings. The monoisotopic (exact) mass is 703 g/mol. The van der Waals surface area contributed by atoms with E-state index in [1.54, 1.807) is 12.1 Å². The minimum Gasteiger partial charge on any atom is -0.499 e. The Bertz CT molecular complexity index is 847. The summed E-state index contributed by atoms with van der Waals surface area (Å²) in [6.07, 6.45) is 3.64. The third kappa shape index (κ3) is 31.4. The summed E-state index contributed by atoms with van der Waals surface area (Å²) in [4.78, 5) is 12.1.